The first-order valence-electron chi connectivity index (χ1n) is 9.20. The minimum atomic E-state index is 0.103. The molecule has 0 aliphatic carbocycles. The van der Waals surface area contributed by atoms with Crippen molar-refractivity contribution >= 4 is 11.7 Å². The van der Waals surface area contributed by atoms with E-state index in [0.717, 1.165) is 30.2 Å². The highest BCUT2D eigenvalue weighted by atomic mass is 16.2. The van der Waals surface area contributed by atoms with Crippen LogP contribution in [0.5, 0.6) is 0 Å². The van der Waals surface area contributed by atoms with E-state index in [-0.39, 0.29) is 5.91 Å². The van der Waals surface area contributed by atoms with Gasteiger partial charge in [-0.3, -0.25) is 9.69 Å². The van der Waals surface area contributed by atoms with E-state index in [4.69, 9.17) is 0 Å². The Labute approximate surface area is 154 Å². The van der Waals surface area contributed by atoms with Gasteiger partial charge >= 0.3 is 0 Å². The van der Waals surface area contributed by atoms with Crippen LogP contribution >= 0.6 is 0 Å². The molecule has 2 unspecified atom stereocenters. The second kappa shape index (κ2) is 7.03. The summed E-state index contributed by atoms with van der Waals surface area (Å²) in [6.07, 6.45) is 2.80. The summed E-state index contributed by atoms with van der Waals surface area (Å²) in [4.78, 5) is 25.5. The SMILES string of the molecule is Cc1ccc(CNC(=O)CN2C3CC2CN(c2cc(C)ncn2)C3)cc1. The van der Waals surface area contributed by atoms with Gasteiger partial charge in [-0.2, -0.15) is 0 Å². The average molecular weight is 351 g/mol. The molecular formula is C20H25N5O. The van der Waals surface area contributed by atoms with Gasteiger partial charge in [-0.25, -0.2) is 9.97 Å². The van der Waals surface area contributed by atoms with Crippen LogP contribution < -0.4 is 10.2 Å². The molecule has 3 fully saturated rings. The molecule has 2 aromatic rings. The minimum absolute atomic E-state index is 0.103. The molecule has 26 heavy (non-hydrogen) atoms. The molecule has 3 saturated heterocycles. The van der Waals surface area contributed by atoms with Crippen LogP contribution in [0.1, 0.15) is 23.2 Å². The summed E-state index contributed by atoms with van der Waals surface area (Å²) in [5.41, 5.74) is 3.36. The summed E-state index contributed by atoms with van der Waals surface area (Å²) in [6.45, 7) is 6.99. The number of piperazine rings is 1. The van der Waals surface area contributed by atoms with E-state index in [2.05, 4.69) is 56.3 Å². The maximum atomic E-state index is 12.3. The van der Waals surface area contributed by atoms with Crippen molar-refractivity contribution in [2.45, 2.75) is 38.9 Å². The molecule has 0 saturated carbocycles. The van der Waals surface area contributed by atoms with Crippen LogP contribution in [-0.2, 0) is 11.3 Å². The van der Waals surface area contributed by atoms with E-state index in [1.54, 1.807) is 6.33 Å². The van der Waals surface area contributed by atoms with Crippen LogP contribution in [0, 0.1) is 13.8 Å². The van der Waals surface area contributed by atoms with Crippen LogP contribution in [0.25, 0.3) is 0 Å². The molecular weight excluding hydrogens is 326 g/mol. The number of hydrogen-bond donors (Lipinski definition) is 1. The lowest BCUT2D eigenvalue weighted by Crippen LogP contribution is -2.70. The van der Waals surface area contributed by atoms with E-state index in [0.29, 0.717) is 25.2 Å². The molecule has 3 aliphatic heterocycles. The van der Waals surface area contributed by atoms with Gasteiger partial charge in [0, 0.05) is 43.5 Å². The highest BCUT2D eigenvalue weighted by molar-refractivity contribution is 5.78. The van der Waals surface area contributed by atoms with Gasteiger partial charge < -0.3 is 10.2 Å². The molecule has 0 spiro atoms. The van der Waals surface area contributed by atoms with E-state index < -0.39 is 0 Å². The molecule has 1 N–H and O–H groups in total. The highest BCUT2D eigenvalue weighted by Gasteiger charge is 2.45. The Balaban J connectivity index is 1.28. The van der Waals surface area contributed by atoms with Gasteiger partial charge in [-0.05, 0) is 25.8 Å². The second-order valence-corrected chi connectivity index (χ2v) is 7.40. The first kappa shape index (κ1) is 17.0. The lowest BCUT2D eigenvalue weighted by Gasteiger charge is -2.56. The van der Waals surface area contributed by atoms with Gasteiger partial charge in [-0.15, -0.1) is 0 Å². The second-order valence-electron chi connectivity index (χ2n) is 7.40. The fraction of sp³-hybridized carbons (Fsp3) is 0.450. The molecule has 1 amide bonds. The predicted molar refractivity (Wildman–Crippen MR) is 101 cm³/mol. The maximum Gasteiger partial charge on any atom is 0.234 e. The Morgan fingerprint density at radius 2 is 1.88 bits per heavy atom. The van der Waals surface area contributed by atoms with E-state index in [1.165, 1.54) is 12.0 Å². The molecule has 2 atom stereocenters. The van der Waals surface area contributed by atoms with Crippen LogP contribution in [0.4, 0.5) is 5.82 Å². The summed E-state index contributed by atoms with van der Waals surface area (Å²) in [5.74, 6) is 1.10. The number of aromatic nitrogens is 2. The van der Waals surface area contributed by atoms with Crippen molar-refractivity contribution in [1.82, 2.24) is 20.2 Å². The molecule has 0 radical (unpaired) electrons. The zero-order valence-corrected chi connectivity index (χ0v) is 15.4. The van der Waals surface area contributed by atoms with Crippen LogP contribution in [0.3, 0.4) is 0 Å². The number of aryl methyl sites for hydroxylation is 2. The van der Waals surface area contributed by atoms with Crippen LogP contribution in [-0.4, -0.2) is 52.5 Å². The third-order valence-electron chi connectivity index (χ3n) is 5.39. The van der Waals surface area contributed by atoms with Crippen molar-refractivity contribution in [1.29, 1.82) is 0 Å². The van der Waals surface area contributed by atoms with Gasteiger partial charge in [0.15, 0.2) is 0 Å². The number of carbonyl (C=O) groups excluding carboxylic acids is 1. The standard InChI is InChI=1S/C20H25N5O/c1-14-3-5-16(6-4-14)9-21-20(26)12-25-17-8-18(25)11-24(10-17)19-7-15(2)22-13-23-19/h3-7,13,17-18H,8-12H2,1-2H3,(H,21,26). The molecule has 6 heteroatoms. The topological polar surface area (TPSA) is 61.4 Å². The molecule has 4 heterocycles. The average Bonchev–Trinajstić information content (AvgIpc) is 2.66. The lowest BCUT2D eigenvalue weighted by molar-refractivity contribution is -0.127. The monoisotopic (exact) mass is 351 g/mol. The molecule has 6 nitrogen and oxygen atoms in total. The van der Waals surface area contributed by atoms with E-state index >= 15 is 0 Å². The number of rotatable bonds is 5. The molecule has 136 valence electrons. The Morgan fingerprint density at radius 1 is 1.15 bits per heavy atom. The molecule has 5 rings (SSSR count). The van der Waals surface area contributed by atoms with Crippen molar-refractivity contribution in [3.05, 3.63) is 53.5 Å². The Kier molecular flexibility index (Phi) is 4.59. The quantitative estimate of drug-likeness (QED) is 0.888. The summed E-state index contributed by atoms with van der Waals surface area (Å²) < 4.78 is 0. The number of anilines is 1. The number of amides is 1. The predicted octanol–water partition coefficient (Wildman–Crippen LogP) is 1.67. The smallest absolute Gasteiger partial charge is 0.234 e. The first-order chi connectivity index (χ1) is 12.6. The van der Waals surface area contributed by atoms with Gasteiger partial charge in [0.2, 0.25) is 5.91 Å². The highest BCUT2D eigenvalue weighted by Crippen LogP contribution is 2.33. The van der Waals surface area contributed by atoms with Crippen LogP contribution in [0.2, 0.25) is 0 Å². The lowest BCUT2D eigenvalue weighted by atomic mass is 9.87. The number of fused-ring (bicyclic) bond motifs is 2. The Bertz CT molecular complexity index is 779. The number of nitrogens with zero attached hydrogens (tertiary/aromatic N) is 4. The van der Waals surface area contributed by atoms with Gasteiger partial charge in [0.05, 0.1) is 6.54 Å². The van der Waals surface area contributed by atoms with Crippen LogP contribution in [0.15, 0.2) is 36.7 Å². The summed E-state index contributed by atoms with van der Waals surface area (Å²) in [6, 6.07) is 11.2. The largest absolute Gasteiger partial charge is 0.353 e. The van der Waals surface area contributed by atoms with E-state index in [1.807, 2.05) is 13.0 Å². The van der Waals surface area contributed by atoms with Gasteiger partial charge in [-0.1, -0.05) is 29.8 Å². The maximum absolute atomic E-state index is 12.3. The Morgan fingerprint density at radius 3 is 2.58 bits per heavy atom. The number of hydrogen-bond acceptors (Lipinski definition) is 5. The van der Waals surface area contributed by atoms with Gasteiger partial charge in [0.25, 0.3) is 0 Å². The van der Waals surface area contributed by atoms with E-state index in [9.17, 15) is 4.79 Å². The normalized spacial score (nSPS) is 22.0. The first-order valence-corrected chi connectivity index (χ1v) is 9.20. The molecule has 1 aromatic carbocycles. The Hall–Kier alpha value is -2.47. The fourth-order valence-corrected chi connectivity index (χ4v) is 3.87. The molecule has 3 aliphatic rings. The zero-order chi connectivity index (χ0) is 18.1. The van der Waals surface area contributed by atoms with Crippen molar-refractivity contribution in [3.63, 3.8) is 0 Å². The third kappa shape index (κ3) is 3.55. The number of nitrogens with one attached hydrogen (secondary N) is 1. The summed E-state index contributed by atoms with van der Waals surface area (Å²) >= 11 is 0. The van der Waals surface area contributed by atoms with Gasteiger partial charge in [0.1, 0.15) is 12.1 Å². The number of carbonyl (C=O) groups is 1. The molecule has 1 aromatic heterocycles. The van der Waals surface area contributed by atoms with Crippen molar-refractivity contribution < 1.29 is 4.79 Å². The summed E-state index contributed by atoms with van der Waals surface area (Å²) in [7, 11) is 0. The minimum Gasteiger partial charge on any atom is -0.353 e. The van der Waals surface area contributed by atoms with Crippen molar-refractivity contribution in [2.75, 3.05) is 24.5 Å². The van der Waals surface area contributed by atoms with Crippen molar-refractivity contribution in [2.24, 2.45) is 0 Å². The zero-order valence-electron chi connectivity index (χ0n) is 15.4. The van der Waals surface area contributed by atoms with Crippen molar-refractivity contribution in [3.8, 4) is 0 Å². The summed E-state index contributed by atoms with van der Waals surface area (Å²) in [5, 5.41) is 3.04. The fourth-order valence-electron chi connectivity index (χ4n) is 3.87. The number of piperidine rings is 1. The molecule has 2 bridgehead atoms. The third-order valence-corrected chi connectivity index (χ3v) is 5.39. The number of benzene rings is 1.